The average Bonchev–Trinajstić information content (AvgIpc) is 3.83. The highest BCUT2D eigenvalue weighted by Crippen LogP contribution is 2.58. The van der Waals surface area contributed by atoms with Gasteiger partial charge in [-0.15, -0.1) is 0 Å². The first-order valence-corrected chi connectivity index (χ1v) is 27.9. The van der Waals surface area contributed by atoms with Crippen molar-refractivity contribution in [1.29, 1.82) is 0 Å². The van der Waals surface area contributed by atoms with Gasteiger partial charge in [0, 0.05) is 78.3 Å². The first kappa shape index (κ1) is 55.7. The fraction of sp³-hybridized carbons (Fsp3) is 0.392. The van der Waals surface area contributed by atoms with Crippen molar-refractivity contribution in [2.45, 2.75) is 91.0 Å². The number of benzene rings is 3. The van der Waals surface area contributed by atoms with Gasteiger partial charge < -0.3 is 60.4 Å². The number of carbonyl (C=O) groups excluding carboxylic acids is 2. The molecule has 5 atom stereocenters. The third-order valence-corrected chi connectivity index (χ3v) is 16.4. The second-order valence-electron chi connectivity index (χ2n) is 20.4. The summed E-state index contributed by atoms with van der Waals surface area (Å²) in [5.74, 6) is -1.18. The number of nitrogen functional groups attached to an aromatic ring is 1. The fourth-order valence-corrected chi connectivity index (χ4v) is 12.8. The van der Waals surface area contributed by atoms with Crippen molar-refractivity contribution in [3.05, 3.63) is 115 Å². The van der Waals surface area contributed by atoms with E-state index in [1.165, 1.54) is 34.6 Å². The van der Waals surface area contributed by atoms with Crippen molar-refractivity contribution in [3.63, 3.8) is 0 Å². The first-order valence-electron chi connectivity index (χ1n) is 24.8. The molecular weight excluding hydrogens is 1060 g/mol. The number of hydrogen-bond donors (Lipinski definition) is 9. The van der Waals surface area contributed by atoms with Crippen LogP contribution in [-0.2, 0) is 34.5 Å². The van der Waals surface area contributed by atoms with E-state index in [2.05, 4.69) is 102 Å². The Morgan fingerprint density at radius 3 is 2.32 bits per heavy atom. The van der Waals surface area contributed by atoms with E-state index in [-0.39, 0.29) is 52.4 Å². The molecule has 3 aromatic carbocycles. The van der Waals surface area contributed by atoms with Crippen molar-refractivity contribution in [2.24, 2.45) is 7.05 Å². The van der Waals surface area contributed by atoms with Crippen LogP contribution in [0.2, 0.25) is 0 Å². The summed E-state index contributed by atoms with van der Waals surface area (Å²) in [5, 5.41) is 29.1. The molecule has 5 aromatic rings. The normalized spacial score (nSPS) is 20.8. The van der Waals surface area contributed by atoms with E-state index < -0.39 is 70.3 Å². The summed E-state index contributed by atoms with van der Waals surface area (Å²) in [6, 6.07) is 12.5. The van der Waals surface area contributed by atoms with Gasteiger partial charge in [0.1, 0.15) is 24.1 Å². The van der Waals surface area contributed by atoms with Crippen molar-refractivity contribution in [3.8, 4) is 11.5 Å². The zero-order chi connectivity index (χ0) is 56.7. The fourth-order valence-electron chi connectivity index (χ4n) is 11.2. The van der Waals surface area contributed by atoms with Gasteiger partial charge in [0.05, 0.1) is 30.8 Å². The molecule has 10 N–H and O–H groups in total. The molecule has 6 heterocycles. The van der Waals surface area contributed by atoms with E-state index in [0.717, 1.165) is 33.3 Å². The van der Waals surface area contributed by atoms with Crippen LogP contribution in [0.15, 0.2) is 65.7 Å². The Labute approximate surface area is 445 Å². The summed E-state index contributed by atoms with van der Waals surface area (Å²) < 4.78 is 55.3. The van der Waals surface area contributed by atoms with Gasteiger partial charge in [-0.05, 0) is 88.6 Å². The summed E-state index contributed by atoms with van der Waals surface area (Å²) in [6.45, 7) is 16.8. The highest BCUT2D eigenvalue weighted by molar-refractivity contribution is 7.60. The Morgan fingerprint density at radius 2 is 1.64 bits per heavy atom. The molecule has 25 nitrogen and oxygen atoms in total. The van der Waals surface area contributed by atoms with Crippen LogP contribution in [0.3, 0.4) is 0 Å². The number of fused-ring (bicyclic) bond motifs is 5. The quantitative estimate of drug-likeness (QED) is 0.0405. The molecule has 1 saturated heterocycles. The van der Waals surface area contributed by atoms with Gasteiger partial charge in [-0.25, -0.2) is 27.9 Å². The van der Waals surface area contributed by atoms with Crippen molar-refractivity contribution < 1.29 is 76.0 Å². The first-order chi connectivity index (χ1) is 36.5. The number of H-pyrrole nitrogens is 1. The van der Waals surface area contributed by atoms with Crippen LogP contribution < -0.4 is 51.3 Å². The summed E-state index contributed by atoms with van der Waals surface area (Å²) in [5.41, 5.74) is 10.9. The van der Waals surface area contributed by atoms with Crippen LogP contribution in [0.5, 0.6) is 11.5 Å². The highest BCUT2D eigenvalue weighted by Gasteiger charge is 2.51. The number of aliphatic hydroxyl groups excluding tert-OH is 1. The number of carbonyl (C=O) groups is 3. The standard InChI is InChI=1S/C51H59N9O16P2/c1-10-59-34-19-36-32(17-29(34)25(3)21-50(59,5)6)39(33-18-30-26(4)22-51(7,8)60(11-2)35(30)20-37(33)73-36)28-13-12-27(16-31(28)47(64)65)44(62)53-14-15-54-49(66)75-42-38(23-72-78(70,71)76-77(67,68)69)74-46(41(42)61)58-24-57(9)40-43(58)55-48(52)56-45(40)63/h12-13,16-22,24,38,41-42,46,61H,10-11,14-15,23H2,1-9H3,(H7-2,52,53,54,55,56,62,63,64,65,66,67,68,69,70,71)/p+2/t38-,41-,42-,46-/m1/s1. The number of aryl methyl sites for hydroxylation is 1. The van der Waals surface area contributed by atoms with Crippen LogP contribution >= 0.6 is 15.6 Å². The molecule has 0 saturated carbocycles. The molecule has 2 aromatic heterocycles. The molecule has 27 heteroatoms. The van der Waals surface area contributed by atoms with Crippen molar-refractivity contribution in [2.75, 3.05) is 43.4 Å². The summed E-state index contributed by atoms with van der Waals surface area (Å²) >= 11 is 0. The number of aromatic nitrogens is 4. The number of aliphatic hydroxyl groups is 1. The number of anilines is 2. The van der Waals surface area contributed by atoms with E-state index in [9.17, 15) is 43.4 Å². The van der Waals surface area contributed by atoms with Crippen LogP contribution in [0, 0.1) is 0 Å². The minimum atomic E-state index is -5.54. The maximum Gasteiger partial charge on any atom is 0.481 e. The lowest BCUT2D eigenvalue weighted by molar-refractivity contribution is -0.745. The van der Waals surface area contributed by atoms with Crippen LogP contribution in [0.25, 0.3) is 27.9 Å². The number of aromatic carboxylic acids is 1. The molecule has 4 aliphatic rings. The number of phosphoric ester groups is 1. The summed E-state index contributed by atoms with van der Waals surface area (Å²) in [4.78, 5) is 90.1. The second-order valence-corrected chi connectivity index (χ2v) is 23.3. The monoisotopic (exact) mass is 1120 g/mol. The number of likely N-dealkylation sites (N-methyl/N-ethyl adjacent to an activating group) is 2. The third-order valence-electron chi connectivity index (χ3n) is 14.2. The number of hydrogen-bond acceptors (Lipinski definition) is 15. The molecule has 0 bridgehead atoms. The second kappa shape index (κ2) is 20.3. The molecule has 4 aliphatic heterocycles. The Kier molecular flexibility index (Phi) is 14.5. The summed E-state index contributed by atoms with van der Waals surface area (Å²) in [7, 11) is -9.53. The summed E-state index contributed by atoms with van der Waals surface area (Å²) in [6.07, 6.45) is -2.15. The topological polar surface area (TPSA) is 344 Å². The number of amides is 2. The Hall–Kier alpha value is -7.05. The average molecular weight is 1120 g/mol. The number of ether oxygens (including phenoxy) is 3. The lowest BCUT2D eigenvalue weighted by atomic mass is 9.83. The molecule has 1 unspecified atom stereocenters. The van der Waals surface area contributed by atoms with Gasteiger partial charge in [0.15, 0.2) is 24.1 Å². The van der Waals surface area contributed by atoms with E-state index in [0.29, 0.717) is 46.5 Å². The van der Waals surface area contributed by atoms with E-state index >= 15 is 0 Å². The van der Waals surface area contributed by atoms with Crippen LogP contribution in [0.4, 0.5) is 16.4 Å². The van der Waals surface area contributed by atoms with Gasteiger partial charge >= 0.3 is 33.4 Å². The number of imidazole rings is 1. The third kappa shape index (κ3) is 10.4. The highest BCUT2D eigenvalue weighted by atomic mass is 31.3. The maximum absolute atomic E-state index is 13.8. The molecule has 0 radical (unpaired) electrons. The number of carboxylic acids is 1. The predicted octanol–water partition coefficient (Wildman–Crippen LogP) is 2.92. The molecule has 0 aliphatic carbocycles. The largest absolute Gasteiger partial charge is 0.481 e. The van der Waals surface area contributed by atoms with Gasteiger partial charge in [-0.2, -0.15) is 4.31 Å². The number of aromatic amines is 1. The van der Waals surface area contributed by atoms with Crippen molar-refractivity contribution >= 4 is 73.1 Å². The smallest absolute Gasteiger partial charge is 0.478 e. The van der Waals surface area contributed by atoms with Crippen LogP contribution in [-0.4, -0.2) is 120 Å². The number of nitrogens with one attached hydrogen (secondary N) is 3. The predicted molar refractivity (Wildman–Crippen MR) is 283 cm³/mol. The van der Waals surface area contributed by atoms with E-state index in [1.54, 1.807) is 6.07 Å². The number of phosphoric acid groups is 2. The van der Waals surface area contributed by atoms with E-state index in [4.69, 9.17) is 34.3 Å². The van der Waals surface area contributed by atoms with Gasteiger partial charge in [0.25, 0.3) is 17.4 Å². The number of allylic oxidation sites excluding steroid dienone is 2. The Morgan fingerprint density at radius 1 is 0.936 bits per heavy atom. The Bertz CT molecular complexity index is 3730. The Balaban J connectivity index is 0.977. The molecule has 2 amide bonds. The van der Waals surface area contributed by atoms with Gasteiger partial charge in [0.2, 0.25) is 17.1 Å². The number of carboxylic acid groups (broad SMARTS) is 1. The number of rotatable bonds is 15. The van der Waals surface area contributed by atoms with Gasteiger partial charge in [-0.3, -0.25) is 23.7 Å². The molecule has 1 fully saturated rings. The lowest BCUT2D eigenvalue weighted by Crippen LogP contribution is -2.49. The molecule has 78 heavy (non-hydrogen) atoms. The van der Waals surface area contributed by atoms with Crippen molar-refractivity contribution in [1.82, 2.24) is 29.7 Å². The minimum absolute atomic E-state index is 0.00454. The van der Waals surface area contributed by atoms with Crippen LogP contribution in [0.1, 0.15) is 105 Å². The molecule has 9 rings (SSSR count). The number of nitrogens with zero attached hydrogens (tertiary/aromatic N) is 5. The molecule has 414 valence electrons. The minimum Gasteiger partial charge on any atom is -0.478 e. The molecule has 0 spiro atoms. The zero-order valence-electron chi connectivity index (χ0n) is 44.1. The maximum atomic E-state index is 13.8. The SMILES string of the molecule is CCN1c2cc3c(cc2C(C)=CC1(C)C)C(c1ccc(C(=O)NCCNC(=O)O[C@H]2[C@@H](O)[C@H]([n+]4cn(C)c5c(=O)[nH]c(N)nc54)O[C@@H]2COP(=O)(O)OP(=O)(O)O)cc1C(=O)O)=c1cc2c(cc1O3)=[N+](CC)C(C)(C)C=C2C. The molecular formula is C51H61N9O16P2+2. The van der Waals surface area contributed by atoms with Gasteiger partial charge in [-0.1, -0.05) is 17.1 Å². The lowest BCUT2D eigenvalue weighted by Gasteiger charge is -2.43. The zero-order valence-corrected chi connectivity index (χ0v) is 45.8. The number of alkyl carbamates (subject to hydrolysis) is 1. The number of nitrogens with two attached hydrogens (primary N) is 1. The van der Waals surface area contributed by atoms with E-state index in [1.807, 2.05) is 24.3 Å².